The van der Waals surface area contributed by atoms with E-state index in [1.54, 1.807) is 0 Å². The normalized spacial score (nSPS) is 12.9. The van der Waals surface area contributed by atoms with E-state index < -0.39 is 0 Å². The van der Waals surface area contributed by atoms with Crippen molar-refractivity contribution in [2.45, 2.75) is 12.3 Å². The van der Waals surface area contributed by atoms with Crippen molar-refractivity contribution >= 4 is 43.6 Å². The second kappa shape index (κ2) is 13.7. The first kappa shape index (κ1) is 33.0. The Kier molecular flexibility index (Phi) is 7.95. The third-order valence-electron chi connectivity index (χ3n) is 11.7. The van der Waals surface area contributed by atoms with E-state index in [-0.39, 0.29) is 5.92 Å². The van der Waals surface area contributed by atoms with Gasteiger partial charge in [0.1, 0.15) is 0 Å². The molecule has 0 fully saturated rings. The second-order valence-corrected chi connectivity index (χ2v) is 15.0. The molecule has 0 radical (unpaired) electrons. The molecule has 8 aromatic carbocycles. The van der Waals surface area contributed by atoms with Crippen molar-refractivity contribution in [2.75, 3.05) is 0 Å². The lowest BCUT2D eigenvalue weighted by Crippen LogP contribution is -2.05. The van der Waals surface area contributed by atoms with Crippen LogP contribution in [0.3, 0.4) is 0 Å². The van der Waals surface area contributed by atoms with Gasteiger partial charge < -0.3 is 9.13 Å². The molecular weight excluding hydrogens is 689 g/mol. The van der Waals surface area contributed by atoms with Gasteiger partial charge in [0, 0.05) is 44.4 Å². The molecule has 0 unspecified atom stereocenters. The Morgan fingerprint density at radius 2 is 1.07 bits per heavy atom. The van der Waals surface area contributed by atoms with E-state index in [9.17, 15) is 0 Å². The van der Waals surface area contributed by atoms with Crippen LogP contribution >= 0.6 is 0 Å². The van der Waals surface area contributed by atoms with Crippen LogP contribution in [-0.4, -0.2) is 9.13 Å². The Labute approximate surface area is 332 Å². The quantitative estimate of drug-likeness (QED) is 0.138. The molecule has 0 saturated carbocycles. The maximum absolute atomic E-state index is 3.51. The van der Waals surface area contributed by atoms with E-state index >= 15 is 0 Å². The molecule has 1 aliphatic carbocycles. The summed E-state index contributed by atoms with van der Waals surface area (Å²) < 4.78 is 4.85. The largest absolute Gasteiger partial charge is 0.309 e. The minimum Gasteiger partial charge on any atom is -0.309 e. The molecule has 2 aromatic heterocycles. The van der Waals surface area contributed by atoms with Crippen LogP contribution in [0.15, 0.2) is 224 Å². The highest BCUT2D eigenvalue weighted by Gasteiger charge is 2.20. The van der Waals surface area contributed by atoms with Crippen LogP contribution < -0.4 is 0 Å². The van der Waals surface area contributed by atoms with Crippen molar-refractivity contribution in [3.63, 3.8) is 0 Å². The number of benzene rings is 8. The average Bonchev–Trinajstić information content (AvgIpc) is 4.02. The van der Waals surface area contributed by atoms with Crippen LogP contribution in [0.4, 0.5) is 0 Å². The molecule has 0 aliphatic heterocycles. The van der Waals surface area contributed by atoms with Gasteiger partial charge in [-0.05, 0) is 94.4 Å². The summed E-state index contributed by atoms with van der Waals surface area (Å²) in [6.07, 6.45) is 7.26. The van der Waals surface area contributed by atoms with Crippen LogP contribution in [0.25, 0.3) is 77.2 Å². The van der Waals surface area contributed by atoms with Crippen molar-refractivity contribution in [3.05, 3.63) is 235 Å². The van der Waals surface area contributed by atoms with Crippen LogP contribution in [-0.2, 0) is 6.42 Å². The molecule has 0 amide bonds. The maximum Gasteiger partial charge on any atom is 0.0547 e. The lowest BCUT2D eigenvalue weighted by atomic mass is 9.85. The molecular formula is C55H38N2. The van der Waals surface area contributed by atoms with Gasteiger partial charge in [-0.3, -0.25) is 0 Å². The molecule has 2 heteroatoms. The Balaban J connectivity index is 1.05. The highest BCUT2D eigenvalue weighted by molar-refractivity contribution is 6.17. The standard InChI is InChI=1S/C55H38N2/c1-3-16-38(17-4-1)34-50(39-18-7-8-19-39)42-22-13-20-40(35-42)41-21-14-25-45(36-41)57-52-30-12-10-27-49(52)55-46(28-15-31-53(55)57)43-32-33-48-47-26-9-11-29-51(47)56(54(48)37-43)44-23-5-2-6-24-44/h1-18,20-33,35-37,50H,34H2/t50-/m0/s1. The highest BCUT2D eigenvalue weighted by atomic mass is 15.0. The minimum absolute atomic E-state index is 0.217. The molecule has 268 valence electrons. The first-order chi connectivity index (χ1) is 28.3. The zero-order valence-corrected chi connectivity index (χ0v) is 31.4. The number of nitrogens with zero attached hydrogens (tertiary/aromatic N) is 2. The van der Waals surface area contributed by atoms with Gasteiger partial charge in [0.15, 0.2) is 0 Å². The molecule has 1 atom stereocenters. The molecule has 0 spiro atoms. The van der Waals surface area contributed by atoms with E-state index in [0.717, 1.165) is 17.8 Å². The Bertz CT molecular complexity index is 3240. The van der Waals surface area contributed by atoms with Gasteiger partial charge in [-0.15, -0.1) is 5.73 Å². The third kappa shape index (κ3) is 5.66. The number of fused-ring (bicyclic) bond motifs is 6. The smallest absolute Gasteiger partial charge is 0.0547 e. The summed E-state index contributed by atoms with van der Waals surface area (Å²) in [7, 11) is 0. The summed E-state index contributed by atoms with van der Waals surface area (Å²) in [4.78, 5) is 0. The van der Waals surface area contributed by atoms with Crippen LogP contribution in [0.1, 0.15) is 17.0 Å². The first-order valence-corrected chi connectivity index (χ1v) is 19.8. The van der Waals surface area contributed by atoms with Gasteiger partial charge in [0.25, 0.3) is 0 Å². The Morgan fingerprint density at radius 3 is 1.88 bits per heavy atom. The Hall–Kier alpha value is -7.38. The fraction of sp³-hybridized carbons (Fsp3) is 0.0364. The summed E-state index contributed by atoms with van der Waals surface area (Å²) in [5, 5.41) is 5.03. The van der Waals surface area contributed by atoms with Crippen molar-refractivity contribution in [1.29, 1.82) is 0 Å². The minimum atomic E-state index is 0.217. The van der Waals surface area contributed by atoms with E-state index in [0.29, 0.717) is 0 Å². The molecule has 0 saturated heterocycles. The molecule has 2 nitrogen and oxygen atoms in total. The summed E-state index contributed by atoms with van der Waals surface area (Å²) in [6.45, 7) is 0. The number of para-hydroxylation sites is 3. The van der Waals surface area contributed by atoms with Gasteiger partial charge in [0.05, 0.1) is 22.1 Å². The van der Waals surface area contributed by atoms with Crippen LogP contribution in [0, 0.1) is 0 Å². The summed E-state index contributed by atoms with van der Waals surface area (Å²) in [5.74, 6) is 0.217. The Morgan fingerprint density at radius 1 is 0.439 bits per heavy atom. The van der Waals surface area contributed by atoms with Gasteiger partial charge in [-0.2, -0.15) is 0 Å². The predicted molar refractivity (Wildman–Crippen MR) is 240 cm³/mol. The summed E-state index contributed by atoms with van der Waals surface area (Å²) >= 11 is 0. The molecule has 57 heavy (non-hydrogen) atoms. The van der Waals surface area contributed by atoms with Crippen molar-refractivity contribution in [3.8, 4) is 33.6 Å². The van der Waals surface area contributed by atoms with E-state index in [4.69, 9.17) is 0 Å². The molecule has 0 N–H and O–H groups in total. The monoisotopic (exact) mass is 726 g/mol. The van der Waals surface area contributed by atoms with E-state index in [1.807, 2.05) is 6.08 Å². The third-order valence-corrected chi connectivity index (χ3v) is 11.7. The van der Waals surface area contributed by atoms with Gasteiger partial charge in [-0.1, -0.05) is 158 Å². The SMILES string of the molecule is C1=CC=CC=1[C@H](Cc1ccccc1)c1cccc(-c2cccc(-n3c4ccccc4c4c(-c5ccc6c7ccccc7n(-c7ccccc7)c6c5)cccc43)c2)c1. The fourth-order valence-corrected chi connectivity index (χ4v) is 9.11. The molecule has 10 aromatic rings. The zero-order chi connectivity index (χ0) is 37.7. The van der Waals surface area contributed by atoms with Crippen LogP contribution in [0.2, 0.25) is 0 Å². The number of rotatable bonds is 8. The molecule has 11 rings (SSSR count). The second-order valence-electron chi connectivity index (χ2n) is 15.0. The van der Waals surface area contributed by atoms with Crippen molar-refractivity contribution in [2.24, 2.45) is 0 Å². The predicted octanol–water partition coefficient (Wildman–Crippen LogP) is 14.2. The molecule has 1 aliphatic rings. The zero-order valence-electron chi connectivity index (χ0n) is 31.4. The topological polar surface area (TPSA) is 9.86 Å². The number of aromatic nitrogens is 2. The highest BCUT2D eigenvalue weighted by Crippen LogP contribution is 2.42. The lowest BCUT2D eigenvalue weighted by molar-refractivity contribution is 0.807. The number of hydrogen-bond donors (Lipinski definition) is 0. The fourth-order valence-electron chi connectivity index (χ4n) is 9.11. The lowest BCUT2D eigenvalue weighted by Gasteiger charge is -2.19. The van der Waals surface area contributed by atoms with Crippen molar-refractivity contribution in [1.82, 2.24) is 9.13 Å². The van der Waals surface area contributed by atoms with E-state index in [2.05, 4.69) is 221 Å². The van der Waals surface area contributed by atoms with Gasteiger partial charge in [0.2, 0.25) is 0 Å². The van der Waals surface area contributed by atoms with Gasteiger partial charge in [-0.25, -0.2) is 0 Å². The summed E-state index contributed by atoms with van der Waals surface area (Å²) in [6, 6.07) is 71.0. The first-order valence-electron chi connectivity index (χ1n) is 19.8. The summed E-state index contributed by atoms with van der Waals surface area (Å²) in [5.41, 5.74) is 19.3. The number of hydrogen-bond acceptors (Lipinski definition) is 0. The average molecular weight is 727 g/mol. The number of allylic oxidation sites excluding steroid dienone is 3. The van der Waals surface area contributed by atoms with E-state index in [1.165, 1.54) is 82.6 Å². The van der Waals surface area contributed by atoms with Crippen LogP contribution in [0.5, 0.6) is 0 Å². The van der Waals surface area contributed by atoms with Gasteiger partial charge >= 0.3 is 0 Å². The molecule has 2 heterocycles. The maximum atomic E-state index is 3.51. The molecule has 0 bridgehead atoms. The van der Waals surface area contributed by atoms with Crippen molar-refractivity contribution < 1.29 is 0 Å².